The Morgan fingerprint density at radius 3 is 3.08 bits per heavy atom. The first-order valence-corrected chi connectivity index (χ1v) is 4.96. The lowest BCUT2D eigenvalue weighted by atomic mass is 10.2. The minimum Gasteiger partial charge on any atom is -0.344 e. The van der Waals surface area contributed by atoms with Gasteiger partial charge in [-0.3, -0.25) is 4.99 Å². The standard InChI is InChI=1S/C9H10N3S/c1-2-7-5-11-8(12-6-7)9-10-3-4-13-9/h3-5H,1-2,6H2,(H,11,12). The summed E-state index contributed by atoms with van der Waals surface area (Å²) in [4.78, 5) is 8.54. The van der Waals surface area contributed by atoms with Crippen molar-refractivity contribution in [3.8, 4) is 0 Å². The third-order valence-corrected chi connectivity index (χ3v) is 2.59. The molecule has 1 radical (unpaired) electrons. The summed E-state index contributed by atoms with van der Waals surface area (Å²) in [6.07, 6.45) is 4.56. The highest BCUT2D eigenvalue weighted by Gasteiger charge is 2.08. The molecular formula is C9H10N3S. The van der Waals surface area contributed by atoms with Crippen LogP contribution in [0.2, 0.25) is 0 Å². The van der Waals surface area contributed by atoms with E-state index >= 15 is 0 Å². The van der Waals surface area contributed by atoms with E-state index in [2.05, 4.69) is 22.2 Å². The molecule has 0 unspecified atom stereocenters. The molecule has 13 heavy (non-hydrogen) atoms. The number of rotatable bonds is 2. The Morgan fingerprint density at radius 1 is 1.62 bits per heavy atom. The van der Waals surface area contributed by atoms with Gasteiger partial charge in [0.05, 0.1) is 6.54 Å². The molecule has 4 heteroatoms. The molecule has 2 rings (SSSR count). The Balaban J connectivity index is 2.10. The van der Waals surface area contributed by atoms with E-state index in [9.17, 15) is 0 Å². The summed E-state index contributed by atoms with van der Waals surface area (Å²) >= 11 is 1.59. The molecule has 1 N–H and O–H groups in total. The number of hydrogen-bond acceptors (Lipinski definition) is 4. The quantitative estimate of drug-likeness (QED) is 0.772. The number of aliphatic imine (C=N–C) groups is 1. The molecule has 67 valence electrons. The van der Waals surface area contributed by atoms with Crippen LogP contribution < -0.4 is 5.32 Å². The van der Waals surface area contributed by atoms with Gasteiger partial charge in [-0.05, 0) is 18.9 Å². The molecule has 0 aliphatic carbocycles. The van der Waals surface area contributed by atoms with Gasteiger partial charge in [-0.25, -0.2) is 4.98 Å². The van der Waals surface area contributed by atoms with E-state index in [1.165, 1.54) is 5.57 Å². The summed E-state index contributed by atoms with van der Waals surface area (Å²) in [5.74, 6) is 0.868. The fourth-order valence-electron chi connectivity index (χ4n) is 1.06. The molecule has 0 fully saturated rings. The van der Waals surface area contributed by atoms with E-state index < -0.39 is 0 Å². The lowest BCUT2D eigenvalue weighted by molar-refractivity contribution is 0.980. The first-order chi connectivity index (χ1) is 6.40. The van der Waals surface area contributed by atoms with E-state index in [4.69, 9.17) is 0 Å². The lowest BCUT2D eigenvalue weighted by Crippen LogP contribution is -2.23. The Kier molecular flexibility index (Phi) is 2.40. The predicted octanol–water partition coefficient (Wildman–Crippen LogP) is 1.60. The molecule has 1 aliphatic rings. The predicted molar refractivity (Wildman–Crippen MR) is 54.7 cm³/mol. The molecule has 0 spiro atoms. The maximum atomic E-state index is 4.37. The van der Waals surface area contributed by atoms with Gasteiger partial charge in [0.2, 0.25) is 0 Å². The number of thiazole rings is 1. The van der Waals surface area contributed by atoms with Gasteiger partial charge in [0.25, 0.3) is 0 Å². The summed E-state index contributed by atoms with van der Waals surface area (Å²) in [5, 5.41) is 6.01. The van der Waals surface area contributed by atoms with Crippen LogP contribution in [-0.4, -0.2) is 17.4 Å². The summed E-state index contributed by atoms with van der Waals surface area (Å²) in [5.41, 5.74) is 1.22. The zero-order valence-electron chi connectivity index (χ0n) is 7.16. The average Bonchev–Trinajstić information content (AvgIpc) is 2.71. The SMILES string of the molecule is [CH2]CC1=CNC(c2nccs2)=NC1. The largest absolute Gasteiger partial charge is 0.344 e. The molecule has 1 aliphatic heterocycles. The number of nitrogens with one attached hydrogen (secondary N) is 1. The van der Waals surface area contributed by atoms with Crippen LogP contribution in [0.4, 0.5) is 0 Å². The smallest absolute Gasteiger partial charge is 0.162 e. The molecular weight excluding hydrogens is 182 g/mol. The molecule has 0 bridgehead atoms. The monoisotopic (exact) mass is 192 g/mol. The van der Waals surface area contributed by atoms with Crippen LogP contribution >= 0.6 is 11.3 Å². The van der Waals surface area contributed by atoms with Crippen molar-refractivity contribution in [1.82, 2.24) is 10.3 Å². The van der Waals surface area contributed by atoms with Crippen molar-refractivity contribution in [2.45, 2.75) is 6.42 Å². The van der Waals surface area contributed by atoms with Crippen LogP contribution in [0.5, 0.6) is 0 Å². The molecule has 1 aromatic heterocycles. The summed E-state index contributed by atoms with van der Waals surface area (Å²) < 4.78 is 0. The molecule has 2 heterocycles. The summed E-state index contributed by atoms with van der Waals surface area (Å²) in [6.45, 7) is 4.55. The fourth-order valence-corrected chi connectivity index (χ4v) is 1.67. The summed E-state index contributed by atoms with van der Waals surface area (Å²) in [7, 11) is 0. The van der Waals surface area contributed by atoms with Crippen molar-refractivity contribution in [3.63, 3.8) is 0 Å². The highest BCUT2D eigenvalue weighted by atomic mass is 32.1. The van der Waals surface area contributed by atoms with Crippen molar-refractivity contribution in [2.75, 3.05) is 6.54 Å². The van der Waals surface area contributed by atoms with Gasteiger partial charge < -0.3 is 5.32 Å². The van der Waals surface area contributed by atoms with Gasteiger partial charge in [0, 0.05) is 17.8 Å². The van der Waals surface area contributed by atoms with Gasteiger partial charge in [0.15, 0.2) is 10.8 Å². The second kappa shape index (κ2) is 3.70. The Hall–Kier alpha value is -1.16. The fraction of sp³-hybridized carbons (Fsp3) is 0.222. The molecule has 0 amide bonds. The van der Waals surface area contributed by atoms with Crippen LogP contribution in [-0.2, 0) is 0 Å². The van der Waals surface area contributed by atoms with Gasteiger partial charge >= 0.3 is 0 Å². The van der Waals surface area contributed by atoms with E-state index in [1.54, 1.807) is 17.5 Å². The molecule has 0 aromatic carbocycles. The van der Waals surface area contributed by atoms with E-state index in [-0.39, 0.29) is 0 Å². The zero-order chi connectivity index (χ0) is 9.10. The average molecular weight is 192 g/mol. The normalized spacial score (nSPS) is 16.1. The van der Waals surface area contributed by atoms with Crippen LogP contribution in [0.15, 0.2) is 28.3 Å². The first kappa shape index (κ1) is 8.44. The minimum absolute atomic E-state index is 0.741. The third kappa shape index (κ3) is 1.78. The molecule has 3 nitrogen and oxygen atoms in total. The van der Waals surface area contributed by atoms with Crippen molar-refractivity contribution in [2.24, 2.45) is 4.99 Å². The van der Waals surface area contributed by atoms with Crippen molar-refractivity contribution < 1.29 is 0 Å². The van der Waals surface area contributed by atoms with Crippen LogP contribution in [0.1, 0.15) is 11.4 Å². The van der Waals surface area contributed by atoms with Gasteiger partial charge in [-0.1, -0.05) is 0 Å². The third-order valence-electron chi connectivity index (χ3n) is 1.81. The molecule has 0 atom stereocenters. The first-order valence-electron chi connectivity index (χ1n) is 4.08. The van der Waals surface area contributed by atoms with Crippen LogP contribution in [0.25, 0.3) is 0 Å². The van der Waals surface area contributed by atoms with Crippen molar-refractivity contribution >= 4 is 17.2 Å². The van der Waals surface area contributed by atoms with E-state index in [0.29, 0.717) is 0 Å². The lowest BCUT2D eigenvalue weighted by Gasteiger charge is -2.11. The van der Waals surface area contributed by atoms with E-state index in [0.717, 1.165) is 23.8 Å². The second-order valence-electron chi connectivity index (χ2n) is 2.70. The number of aromatic nitrogens is 1. The van der Waals surface area contributed by atoms with Crippen LogP contribution in [0, 0.1) is 6.92 Å². The highest BCUT2D eigenvalue weighted by Crippen LogP contribution is 2.09. The molecule has 1 aromatic rings. The van der Waals surface area contributed by atoms with Crippen LogP contribution in [0.3, 0.4) is 0 Å². The Morgan fingerprint density at radius 2 is 2.54 bits per heavy atom. The Bertz CT molecular complexity index is 338. The maximum absolute atomic E-state index is 4.37. The van der Waals surface area contributed by atoms with Crippen molar-refractivity contribution in [3.05, 3.63) is 35.3 Å². The minimum atomic E-state index is 0.741. The molecule has 0 saturated carbocycles. The Labute approximate surface area is 81.2 Å². The van der Waals surface area contributed by atoms with Gasteiger partial charge in [0.1, 0.15) is 0 Å². The maximum Gasteiger partial charge on any atom is 0.162 e. The number of hydrogen-bond donors (Lipinski definition) is 1. The summed E-state index contributed by atoms with van der Waals surface area (Å²) in [6, 6.07) is 0. The highest BCUT2D eigenvalue weighted by molar-refractivity contribution is 7.11. The van der Waals surface area contributed by atoms with Gasteiger partial charge in [-0.15, -0.1) is 11.3 Å². The topological polar surface area (TPSA) is 37.3 Å². The number of amidine groups is 1. The second-order valence-corrected chi connectivity index (χ2v) is 3.59. The van der Waals surface area contributed by atoms with Crippen molar-refractivity contribution in [1.29, 1.82) is 0 Å². The van der Waals surface area contributed by atoms with Gasteiger partial charge in [-0.2, -0.15) is 0 Å². The zero-order valence-corrected chi connectivity index (χ0v) is 7.97. The number of nitrogens with zero attached hydrogens (tertiary/aromatic N) is 2. The molecule has 0 saturated heterocycles. The van der Waals surface area contributed by atoms with E-state index in [1.807, 2.05) is 11.6 Å².